The van der Waals surface area contributed by atoms with Crippen LogP contribution in [0, 0.1) is 5.41 Å². The summed E-state index contributed by atoms with van der Waals surface area (Å²) in [6, 6.07) is 0. The molecular weight excluding hydrogens is 302 g/mol. The molecule has 1 amide bonds. The van der Waals surface area contributed by atoms with Crippen LogP contribution in [0.15, 0.2) is 0 Å². The fourth-order valence-corrected chi connectivity index (χ4v) is 0.831. The van der Waals surface area contributed by atoms with Crippen LogP contribution in [0.1, 0.15) is 20.3 Å². The number of rotatable bonds is 6. The minimum Gasteiger partial charge on any atom is -0.652 e. The van der Waals surface area contributed by atoms with Crippen LogP contribution in [0.3, 0.4) is 0 Å². The molecule has 9 nitrogen and oxygen atoms in total. The molecule has 0 radical (unpaired) electrons. The Bertz CT molecular complexity index is 316. The van der Waals surface area contributed by atoms with Gasteiger partial charge in [-0.1, -0.05) is 13.8 Å². The van der Waals surface area contributed by atoms with Gasteiger partial charge in [0.2, 0.25) is 5.91 Å². The van der Waals surface area contributed by atoms with Gasteiger partial charge < -0.3 is 35.6 Å². The Hall–Kier alpha value is -0.610. The Morgan fingerprint density at radius 2 is 1.65 bits per heavy atom. The van der Waals surface area contributed by atoms with Gasteiger partial charge in [-0.15, -0.1) is 0 Å². The zero-order chi connectivity index (χ0) is 15.6. The molecule has 0 spiro atoms. The standard InChI is InChI=1S/C9H17NO5.CH2O3.Ca/c1-9(2,5-11)7(14)8(15)10-4-3-6(12)13;2-1(3)4;/h7,11,14H,3-5H2,1-2H3,(H,10,15)(H,12,13);(H2,2,3,4);/q;;+2/p-2/t7-;;/m0../s1. The van der Waals surface area contributed by atoms with E-state index in [0.717, 1.165) is 0 Å². The molecule has 0 aliphatic carbocycles. The van der Waals surface area contributed by atoms with Gasteiger partial charge in [-0.05, 0) is 6.16 Å². The molecule has 0 aliphatic heterocycles. The molecule has 0 aromatic heterocycles. The Balaban J connectivity index is -0.000000508. The molecule has 10 heteroatoms. The van der Waals surface area contributed by atoms with Gasteiger partial charge in [-0.2, -0.15) is 0 Å². The van der Waals surface area contributed by atoms with Crippen LogP contribution in [0.2, 0.25) is 0 Å². The fraction of sp³-hybridized carbons (Fsp3) is 0.700. The second-order valence-electron chi connectivity index (χ2n) is 4.23. The van der Waals surface area contributed by atoms with E-state index in [4.69, 9.17) is 25.2 Å². The van der Waals surface area contributed by atoms with Crippen LogP contribution in [0.4, 0.5) is 4.79 Å². The molecule has 0 saturated heterocycles. The summed E-state index contributed by atoms with van der Waals surface area (Å²) in [5.41, 5.74) is -0.937. The van der Waals surface area contributed by atoms with Crippen molar-refractivity contribution < 1.29 is 39.9 Å². The molecule has 0 fully saturated rings. The van der Waals surface area contributed by atoms with Crippen molar-refractivity contribution in [2.75, 3.05) is 13.2 Å². The van der Waals surface area contributed by atoms with Gasteiger partial charge in [0.05, 0.1) is 13.0 Å². The quantitative estimate of drug-likeness (QED) is 0.360. The smallest absolute Gasteiger partial charge is 0.652 e. The summed E-state index contributed by atoms with van der Waals surface area (Å²) in [6.07, 6.45) is -3.88. The first-order chi connectivity index (χ1) is 8.54. The van der Waals surface area contributed by atoms with Crippen LogP contribution in [-0.2, 0) is 9.59 Å². The minimum absolute atomic E-state index is 0. The van der Waals surface area contributed by atoms with E-state index < -0.39 is 29.6 Å². The molecular formula is C10H17CaNO8. The Morgan fingerprint density at radius 3 is 1.95 bits per heavy atom. The van der Waals surface area contributed by atoms with E-state index in [9.17, 15) is 14.7 Å². The largest absolute Gasteiger partial charge is 2.00 e. The van der Waals surface area contributed by atoms with Gasteiger partial charge in [-0.3, -0.25) is 9.59 Å². The number of aliphatic hydroxyl groups excluding tert-OH is 2. The first kappa shape index (κ1) is 24.4. The number of nitrogens with one attached hydrogen (secondary N) is 1. The maximum Gasteiger partial charge on any atom is 2.00 e. The van der Waals surface area contributed by atoms with Crippen LogP contribution in [0.25, 0.3) is 0 Å². The Kier molecular flexibility index (Phi) is 14.8. The molecule has 0 rings (SSSR count). The minimum atomic E-state index is -2.33. The predicted octanol–water partition coefficient (Wildman–Crippen LogP) is -3.87. The summed E-state index contributed by atoms with van der Waals surface area (Å²) in [5, 5.41) is 45.6. The van der Waals surface area contributed by atoms with Crippen LogP contribution < -0.4 is 15.5 Å². The summed E-state index contributed by atoms with van der Waals surface area (Å²) in [6.45, 7) is 2.70. The second-order valence-corrected chi connectivity index (χ2v) is 4.23. The molecule has 0 aliphatic rings. The zero-order valence-electron chi connectivity index (χ0n) is 11.3. The molecule has 1 atom stereocenters. The number of hydrogen-bond donors (Lipinski definition) is 4. The molecule has 0 saturated carbocycles. The maximum atomic E-state index is 11.3. The number of carboxylic acids is 1. The fourth-order valence-electron chi connectivity index (χ4n) is 0.831. The molecule has 0 bridgehead atoms. The predicted molar refractivity (Wildman–Crippen MR) is 63.3 cm³/mol. The van der Waals surface area contributed by atoms with E-state index in [1.807, 2.05) is 0 Å². The number of carboxylic acid groups (broad SMARTS) is 3. The molecule has 112 valence electrons. The number of aliphatic carboxylic acids is 1. The molecule has 0 aromatic rings. The zero-order valence-corrected chi connectivity index (χ0v) is 13.5. The number of amides is 1. The third kappa shape index (κ3) is 13.8. The number of carbonyl (C=O) groups is 3. The summed E-state index contributed by atoms with van der Waals surface area (Å²) >= 11 is 0. The van der Waals surface area contributed by atoms with Crippen molar-refractivity contribution in [1.29, 1.82) is 0 Å². The van der Waals surface area contributed by atoms with E-state index in [0.29, 0.717) is 0 Å². The van der Waals surface area contributed by atoms with Crippen molar-refractivity contribution in [2.24, 2.45) is 5.41 Å². The van der Waals surface area contributed by atoms with Crippen LogP contribution >= 0.6 is 0 Å². The van der Waals surface area contributed by atoms with Gasteiger partial charge >= 0.3 is 43.7 Å². The van der Waals surface area contributed by atoms with E-state index >= 15 is 0 Å². The maximum absolute atomic E-state index is 11.3. The summed E-state index contributed by atoms with van der Waals surface area (Å²) < 4.78 is 0. The third-order valence-corrected chi connectivity index (χ3v) is 2.03. The van der Waals surface area contributed by atoms with Gasteiger partial charge in [0, 0.05) is 12.0 Å². The summed E-state index contributed by atoms with van der Waals surface area (Å²) in [7, 11) is 0. The van der Waals surface area contributed by atoms with Crippen LogP contribution in [-0.4, -0.2) is 90.3 Å². The number of carbonyl (C=O) groups excluding carboxylic acids is 2. The average Bonchev–Trinajstić information content (AvgIpc) is 2.26. The topological polar surface area (TPSA) is 170 Å². The Morgan fingerprint density at radius 1 is 1.25 bits per heavy atom. The van der Waals surface area contributed by atoms with Gasteiger partial charge in [0.15, 0.2) is 0 Å². The molecule has 0 unspecified atom stereocenters. The number of aliphatic hydroxyl groups is 2. The number of hydrogen-bond acceptors (Lipinski definition) is 7. The van der Waals surface area contributed by atoms with Crippen molar-refractivity contribution in [1.82, 2.24) is 5.32 Å². The molecule has 20 heavy (non-hydrogen) atoms. The van der Waals surface area contributed by atoms with Crippen molar-refractivity contribution in [3.8, 4) is 0 Å². The van der Waals surface area contributed by atoms with Crippen LogP contribution in [0.5, 0.6) is 0 Å². The average molecular weight is 319 g/mol. The Labute approximate surface area is 145 Å². The van der Waals surface area contributed by atoms with Crippen molar-refractivity contribution in [3.63, 3.8) is 0 Å². The van der Waals surface area contributed by atoms with Crippen molar-refractivity contribution >= 4 is 55.8 Å². The molecule has 0 heterocycles. The summed E-state index contributed by atoms with van der Waals surface area (Å²) in [5.74, 6) is -1.69. The molecule has 4 N–H and O–H groups in total. The van der Waals surface area contributed by atoms with Crippen molar-refractivity contribution in [2.45, 2.75) is 26.4 Å². The SMILES string of the molecule is CC(C)(CO)[C@@H](O)C(=O)NCCC(=O)O.O=C([O-])[O-].[Ca+2]. The molecule has 0 aromatic carbocycles. The van der Waals surface area contributed by atoms with E-state index in [-0.39, 0.29) is 57.3 Å². The van der Waals surface area contributed by atoms with E-state index in [1.165, 1.54) is 13.8 Å². The van der Waals surface area contributed by atoms with E-state index in [2.05, 4.69) is 5.32 Å². The summed E-state index contributed by atoms with van der Waals surface area (Å²) in [4.78, 5) is 29.7. The monoisotopic (exact) mass is 319 g/mol. The third-order valence-electron chi connectivity index (χ3n) is 2.03. The normalized spacial score (nSPS) is 11.2. The van der Waals surface area contributed by atoms with Gasteiger partial charge in [-0.25, -0.2) is 0 Å². The van der Waals surface area contributed by atoms with E-state index in [1.54, 1.807) is 0 Å². The van der Waals surface area contributed by atoms with Gasteiger partial charge in [0.25, 0.3) is 0 Å². The first-order valence-corrected chi connectivity index (χ1v) is 5.21. The van der Waals surface area contributed by atoms with Gasteiger partial charge in [0.1, 0.15) is 6.10 Å². The van der Waals surface area contributed by atoms with Crippen molar-refractivity contribution in [3.05, 3.63) is 0 Å². The first-order valence-electron chi connectivity index (χ1n) is 5.21. The second kappa shape index (κ2) is 12.2.